The monoisotopic (exact) mass is 234 g/mol. The number of anilines is 1. The molecule has 0 radical (unpaired) electrons. The van der Waals surface area contributed by atoms with Gasteiger partial charge in [-0.05, 0) is 38.0 Å². The second-order valence-corrected chi connectivity index (χ2v) is 5.35. The molecule has 0 saturated carbocycles. The van der Waals surface area contributed by atoms with Gasteiger partial charge in [0.1, 0.15) is 6.07 Å². The first-order valence-electron chi connectivity index (χ1n) is 5.44. The first kappa shape index (κ1) is 11.3. The molecule has 1 saturated heterocycles. The van der Waals surface area contributed by atoms with E-state index in [1.165, 1.54) is 0 Å². The summed E-state index contributed by atoms with van der Waals surface area (Å²) in [5, 5.41) is 9.35. The van der Waals surface area contributed by atoms with Gasteiger partial charge in [0.25, 0.3) is 0 Å². The fraction of sp³-hybridized carbons (Fsp3) is 0.462. The molecule has 0 N–H and O–H groups in total. The zero-order valence-corrected chi connectivity index (χ0v) is 10.5. The molecule has 1 aromatic carbocycles. The molecule has 2 nitrogen and oxygen atoms in total. The van der Waals surface area contributed by atoms with E-state index in [9.17, 15) is 0 Å². The van der Waals surface area contributed by atoms with Crippen molar-refractivity contribution >= 4 is 17.3 Å². The number of benzene rings is 1. The number of nitrogens with zero attached hydrogens (tertiary/aromatic N) is 2. The fourth-order valence-corrected chi connectivity index (χ4v) is 2.30. The molecule has 2 rings (SSSR count). The van der Waals surface area contributed by atoms with E-state index in [2.05, 4.69) is 31.7 Å². The van der Waals surface area contributed by atoms with Crippen molar-refractivity contribution in [3.8, 4) is 6.07 Å². The minimum Gasteiger partial charge on any atom is -0.366 e. The normalized spacial score (nSPS) is 22.4. The van der Waals surface area contributed by atoms with Crippen molar-refractivity contribution in [3.05, 3.63) is 28.8 Å². The summed E-state index contributed by atoms with van der Waals surface area (Å²) in [6, 6.07) is 7.72. The Hall–Kier alpha value is -1.20. The molecule has 84 valence electrons. The maximum absolute atomic E-state index is 8.82. The Morgan fingerprint density at radius 2 is 2.19 bits per heavy atom. The molecule has 1 unspecified atom stereocenters. The second-order valence-electron chi connectivity index (χ2n) is 4.94. The summed E-state index contributed by atoms with van der Waals surface area (Å²) in [5.41, 5.74) is 1.82. The van der Waals surface area contributed by atoms with Gasteiger partial charge in [-0.3, -0.25) is 0 Å². The van der Waals surface area contributed by atoms with Gasteiger partial charge in [0.15, 0.2) is 0 Å². The van der Waals surface area contributed by atoms with Crippen LogP contribution in [0.5, 0.6) is 0 Å². The third kappa shape index (κ3) is 1.56. The first-order chi connectivity index (χ1) is 7.46. The Morgan fingerprint density at radius 3 is 2.62 bits per heavy atom. The molecule has 16 heavy (non-hydrogen) atoms. The average molecular weight is 235 g/mol. The molecule has 0 aromatic heterocycles. The summed E-state index contributed by atoms with van der Waals surface area (Å²) < 4.78 is 0. The minimum atomic E-state index is 0.178. The van der Waals surface area contributed by atoms with Crippen molar-refractivity contribution in [3.63, 3.8) is 0 Å². The van der Waals surface area contributed by atoms with Crippen LogP contribution in [-0.4, -0.2) is 12.1 Å². The third-order valence-electron chi connectivity index (χ3n) is 3.74. The molecule has 1 fully saturated rings. The van der Waals surface area contributed by atoms with Gasteiger partial charge in [0.05, 0.1) is 10.6 Å². The van der Waals surface area contributed by atoms with Crippen molar-refractivity contribution in [1.29, 1.82) is 5.26 Å². The van der Waals surface area contributed by atoms with Gasteiger partial charge in [0, 0.05) is 17.8 Å². The van der Waals surface area contributed by atoms with Crippen LogP contribution in [0.4, 0.5) is 5.69 Å². The average Bonchev–Trinajstić information content (AvgIpc) is 2.25. The van der Waals surface area contributed by atoms with Gasteiger partial charge in [-0.15, -0.1) is 0 Å². The molecule has 1 aliphatic heterocycles. The largest absolute Gasteiger partial charge is 0.366 e. The van der Waals surface area contributed by atoms with E-state index >= 15 is 0 Å². The van der Waals surface area contributed by atoms with Crippen LogP contribution in [0, 0.1) is 17.2 Å². The van der Waals surface area contributed by atoms with Crippen molar-refractivity contribution in [2.75, 3.05) is 11.4 Å². The molecular weight excluding hydrogens is 220 g/mol. The van der Waals surface area contributed by atoms with E-state index in [0.717, 1.165) is 12.2 Å². The van der Waals surface area contributed by atoms with Crippen molar-refractivity contribution in [1.82, 2.24) is 0 Å². The number of hydrogen-bond donors (Lipinski definition) is 0. The summed E-state index contributed by atoms with van der Waals surface area (Å²) >= 11 is 6.03. The number of nitriles is 1. The van der Waals surface area contributed by atoms with Crippen LogP contribution >= 0.6 is 11.6 Å². The molecule has 0 amide bonds. The lowest BCUT2D eigenvalue weighted by atomic mass is 9.78. The smallest absolute Gasteiger partial charge is 0.101 e. The van der Waals surface area contributed by atoms with E-state index in [1.807, 2.05) is 12.1 Å². The van der Waals surface area contributed by atoms with E-state index in [1.54, 1.807) is 6.07 Å². The van der Waals surface area contributed by atoms with Gasteiger partial charge in [0.2, 0.25) is 0 Å². The van der Waals surface area contributed by atoms with Gasteiger partial charge < -0.3 is 4.90 Å². The Bertz CT molecular complexity index is 459. The first-order valence-corrected chi connectivity index (χ1v) is 5.82. The maximum atomic E-state index is 8.82. The highest BCUT2D eigenvalue weighted by molar-refractivity contribution is 6.32. The number of rotatable bonds is 1. The van der Waals surface area contributed by atoms with Crippen LogP contribution < -0.4 is 4.90 Å². The molecule has 1 atom stereocenters. The third-order valence-corrected chi connectivity index (χ3v) is 4.06. The quantitative estimate of drug-likeness (QED) is 0.744. The summed E-state index contributed by atoms with van der Waals surface area (Å²) in [6.45, 7) is 7.76. The number of hydrogen-bond acceptors (Lipinski definition) is 2. The van der Waals surface area contributed by atoms with Crippen LogP contribution in [0.2, 0.25) is 5.02 Å². The highest BCUT2D eigenvalue weighted by Crippen LogP contribution is 2.40. The molecule has 1 heterocycles. The Morgan fingerprint density at radius 1 is 1.50 bits per heavy atom. The predicted octanol–water partition coefficient (Wildman–Crippen LogP) is 3.45. The Labute approximate surface area is 101 Å². The molecule has 0 aliphatic carbocycles. The second kappa shape index (κ2) is 3.68. The zero-order chi connectivity index (χ0) is 11.9. The molecule has 0 bridgehead atoms. The highest BCUT2D eigenvalue weighted by Gasteiger charge is 2.43. The molecule has 1 aromatic rings. The standard InChI is InChI=1S/C13H15ClN2/c1-9-8-16(13(9,2)3)11-5-4-10(7-15)12(14)6-11/h4-6,9H,8H2,1-3H3. The van der Waals surface area contributed by atoms with E-state index in [4.69, 9.17) is 16.9 Å². The minimum absolute atomic E-state index is 0.178. The van der Waals surface area contributed by atoms with Crippen LogP contribution in [0.1, 0.15) is 26.3 Å². The molecular formula is C13H15ClN2. The van der Waals surface area contributed by atoms with Crippen LogP contribution in [0.15, 0.2) is 18.2 Å². The van der Waals surface area contributed by atoms with Gasteiger partial charge in [-0.25, -0.2) is 0 Å². The van der Waals surface area contributed by atoms with E-state index < -0.39 is 0 Å². The molecule has 3 heteroatoms. The summed E-state index contributed by atoms with van der Waals surface area (Å²) in [7, 11) is 0. The Balaban J connectivity index is 2.31. The van der Waals surface area contributed by atoms with Gasteiger partial charge in [-0.2, -0.15) is 5.26 Å². The van der Waals surface area contributed by atoms with Gasteiger partial charge >= 0.3 is 0 Å². The number of halogens is 1. The highest BCUT2D eigenvalue weighted by atomic mass is 35.5. The summed E-state index contributed by atoms with van der Waals surface area (Å²) in [5.74, 6) is 0.682. The van der Waals surface area contributed by atoms with Crippen LogP contribution in [-0.2, 0) is 0 Å². The Kier molecular flexibility index (Phi) is 2.59. The fourth-order valence-electron chi connectivity index (χ4n) is 2.09. The lowest BCUT2D eigenvalue weighted by molar-refractivity contribution is 0.218. The molecule has 0 spiro atoms. The SMILES string of the molecule is CC1CN(c2ccc(C#N)c(Cl)c2)C1(C)C. The van der Waals surface area contributed by atoms with Crippen LogP contribution in [0.3, 0.4) is 0 Å². The van der Waals surface area contributed by atoms with Crippen molar-refractivity contribution in [2.45, 2.75) is 26.3 Å². The topological polar surface area (TPSA) is 27.0 Å². The predicted molar refractivity (Wildman–Crippen MR) is 66.8 cm³/mol. The maximum Gasteiger partial charge on any atom is 0.101 e. The summed E-state index contributed by atoms with van der Waals surface area (Å²) in [4.78, 5) is 2.32. The lowest BCUT2D eigenvalue weighted by Gasteiger charge is -2.55. The zero-order valence-electron chi connectivity index (χ0n) is 9.79. The lowest BCUT2D eigenvalue weighted by Crippen LogP contribution is -2.63. The van der Waals surface area contributed by atoms with E-state index in [0.29, 0.717) is 16.5 Å². The van der Waals surface area contributed by atoms with Gasteiger partial charge in [-0.1, -0.05) is 18.5 Å². The van der Waals surface area contributed by atoms with Crippen LogP contribution in [0.25, 0.3) is 0 Å². The van der Waals surface area contributed by atoms with Crippen molar-refractivity contribution in [2.24, 2.45) is 5.92 Å². The summed E-state index contributed by atoms with van der Waals surface area (Å²) in [6.07, 6.45) is 0. The molecule has 1 aliphatic rings. The van der Waals surface area contributed by atoms with E-state index in [-0.39, 0.29) is 5.54 Å². The van der Waals surface area contributed by atoms with Crippen molar-refractivity contribution < 1.29 is 0 Å².